The van der Waals surface area contributed by atoms with Gasteiger partial charge in [-0.05, 0) is 19.9 Å². The molecular weight excluding hydrogens is 194 g/mol. The third kappa shape index (κ3) is 4.16. The number of hydrogen-bond acceptors (Lipinski definition) is 4. The number of hydrazine groups is 1. The van der Waals surface area contributed by atoms with E-state index in [9.17, 15) is 8.42 Å². The zero-order valence-electron chi connectivity index (χ0n) is 7.36. The van der Waals surface area contributed by atoms with Crippen molar-refractivity contribution in [3.05, 3.63) is 6.58 Å². The Bertz CT molecular complexity index is 281. The van der Waals surface area contributed by atoms with Gasteiger partial charge in [0.25, 0.3) is 10.2 Å². The van der Waals surface area contributed by atoms with Crippen molar-refractivity contribution in [2.45, 2.75) is 19.4 Å². The summed E-state index contributed by atoms with van der Waals surface area (Å²) in [6.07, 6.45) is 0.760. The molecule has 1 unspecified atom stereocenters. The first-order valence-corrected chi connectivity index (χ1v) is 5.07. The largest absolute Gasteiger partial charge is 0.292 e. The predicted octanol–water partition coefficient (Wildman–Crippen LogP) is -1.21. The second-order valence-corrected chi connectivity index (χ2v) is 4.22. The standard InChI is InChI=1S/C4H11N3O2S.C2H2O/c1-4-2-3-7(5)10(8,9)6-4;1-2-3/h4,6H,2-3,5H2,1H3;1H2. The average molecular weight is 207 g/mol. The summed E-state index contributed by atoms with van der Waals surface area (Å²) in [5.74, 6) is 6.41. The Labute approximate surface area is 77.6 Å². The van der Waals surface area contributed by atoms with E-state index >= 15 is 0 Å². The van der Waals surface area contributed by atoms with E-state index in [2.05, 4.69) is 11.3 Å². The molecule has 0 spiro atoms. The number of hydrogen-bond donors (Lipinski definition) is 2. The lowest BCUT2D eigenvalue weighted by atomic mass is 10.2. The van der Waals surface area contributed by atoms with Crippen LogP contribution in [0.1, 0.15) is 13.3 Å². The topological polar surface area (TPSA) is 92.5 Å². The third-order valence-electron chi connectivity index (χ3n) is 1.44. The van der Waals surface area contributed by atoms with Crippen LogP contribution in [-0.4, -0.2) is 31.4 Å². The number of carbonyl (C=O) groups excluding carboxylic acids is 1. The molecule has 0 radical (unpaired) electrons. The fraction of sp³-hybridized carbons (Fsp3) is 0.667. The van der Waals surface area contributed by atoms with Gasteiger partial charge in [0.2, 0.25) is 0 Å². The van der Waals surface area contributed by atoms with Crippen molar-refractivity contribution < 1.29 is 13.2 Å². The molecule has 0 aromatic carbocycles. The summed E-state index contributed by atoms with van der Waals surface area (Å²) >= 11 is 0. The second-order valence-electron chi connectivity index (χ2n) is 2.57. The Morgan fingerprint density at radius 1 is 1.69 bits per heavy atom. The maximum absolute atomic E-state index is 10.9. The average Bonchev–Trinajstić information content (AvgIpc) is 1.98. The maximum atomic E-state index is 10.9. The Morgan fingerprint density at radius 2 is 2.15 bits per heavy atom. The van der Waals surface area contributed by atoms with Gasteiger partial charge in [0.15, 0.2) is 0 Å². The van der Waals surface area contributed by atoms with Crippen molar-refractivity contribution in [2.75, 3.05) is 6.54 Å². The summed E-state index contributed by atoms with van der Waals surface area (Å²) in [7, 11) is -3.35. The van der Waals surface area contributed by atoms with Crippen molar-refractivity contribution in [1.82, 2.24) is 9.14 Å². The smallest absolute Gasteiger partial charge is 0.254 e. The molecule has 0 aliphatic carbocycles. The lowest BCUT2D eigenvalue weighted by Gasteiger charge is -2.26. The van der Waals surface area contributed by atoms with Gasteiger partial charge in [-0.25, -0.2) is 4.79 Å². The molecule has 1 fully saturated rings. The van der Waals surface area contributed by atoms with E-state index in [1.54, 1.807) is 0 Å². The first kappa shape index (κ1) is 12.3. The Morgan fingerprint density at radius 3 is 2.46 bits per heavy atom. The second kappa shape index (κ2) is 5.11. The van der Waals surface area contributed by atoms with Crippen LogP contribution in [0.2, 0.25) is 0 Å². The molecule has 1 heterocycles. The lowest BCUT2D eigenvalue weighted by Crippen LogP contribution is -2.53. The minimum atomic E-state index is -3.35. The number of rotatable bonds is 0. The van der Waals surface area contributed by atoms with Crippen LogP contribution in [0.4, 0.5) is 0 Å². The zero-order valence-corrected chi connectivity index (χ0v) is 8.17. The third-order valence-corrected chi connectivity index (χ3v) is 2.94. The van der Waals surface area contributed by atoms with Crippen LogP contribution in [0.25, 0.3) is 0 Å². The van der Waals surface area contributed by atoms with Gasteiger partial charge in [-0.3, -0.25) is 5.84 Å². The molecule has 1 rings (SSSR count). The first-order valence-electron chi connectivity index (χ1n) is 3.63. The van der Waals surface area contributed by atoms with Crippen LogP contribution in [0, 0.1) is 0 Å². The SMILES string of the molecule is C=C=O.CC1CCN(N)S(=O)(=O)N1. The van der Waals surface area contributed by atoms with Gasteiger partial charge in [0.05, 0.1) is 0 Å². The molecule has 0 bridgehead atoms. The molecule has 1 aliphatic rings. The summed E-state index contributed by atoms with van der Waals surface area (Å²) in [5, 5.41) is 0. The Hall–Kier alpha value is -0.720. The Kier molecular flexibility index (Phi) is 4.82. The van der Waals surface area contributed by atoms with Crippen LogP contribution in [0.15, 0.2) is 6.58 Å². The van der Waals surface area contributed by atoms with Crippen LogP contribution >= 0.6 is 0 Å². The van der Waals surface area contributed by atoms with Crippen LogP contribution < -0.4 is 10.6 Å². The van der Waals surface area contributed by atoms with E-state index in [4.69, 9.17) is 10.6 Å². The van der Waals surface area contributed by atoms with E-state index in [1.807, 2.05) is 6.92 Å². The van der Waals surface area contributed by atoms with E-state index < -0.39 is 10.2 Å². The monoisotopic (exact) mass is 207 g/mol. The normalized spacial score (nSPS) is 26.8. The first-order chi connectivity index (χ1) is 5.94. The van der Waals surface area contributed by atoms with Crippen molar-refractivity contribution in [3.8, 4) is 0 Å². The highest BCUT2D eigenvalue weighted by Crippen LogP contribution is 2.04. The van der Waals surface area contributed by atoms with E-state index in [-0.39, 0.29) is 6.04 Å². The molecule has 7 heteroatoms. The molecular formula is C6H13N3O3S. The van der Waals surface area contributed by atoms with E-state index in [0.29, 0.717) is 6.54 Å². The number of nitrogens with one attached hydrogen (secondary N) is 1. The quantitative estimate of drug-likeness (QED) is 0.385. The predicted molar refractivity (Wildman–Crippen MR) is 48.3 cm³/mol. The van der Waals surface area contributed by atoms with Crippen molar-refractivity contribution in [1.29, 1.82) is 0 Å². The van der Waals surface area contributed by atoms with Gasteiger partial charge in [-0.15, -0.1) is 4.41 Å². The molecule has 3 N–H and O–H groups in total. The van der Waals surface area contributed by atoms with Crippen LogP contribution in [-0.2, 0) is 15.0 Å². The van der Waals surface area contributed by atoms with Gasteiger partial charge >= 0.3 is 0 Å². The van der Waals surface area contributed by atoms with Crippen LogP contribution in [0.5, 0.6) is 0 Å². The molecule has 13 heavy (non-hydrogen) atoms. The highest BCUT2D eigenvalue weighted by molar-refractivity contribution is 7.87. The molecule has 0 aromatic heterocycles. The van der Waals surface area contributed by atoms with Crippen LogP contribution in [0.3, 0.4) is 0 Å². The molecule has 6 nitrogen and oxygen atoms in total. The molecule has 0 saturated carbocycles. The number of nitrogens with zero attached hydrogens (tertiary/aromatic N) is 1. The van der Waals surface area contributed by atoms with Gasteiger partial charge in [-0.2, -0.15) is 13.1 Å². The minimum absolute atomic E-state index is 0.00444. The fourth-order valence-electron chi connectivity index (χ4n) is 0.822. The summed E-state index contributed by atoms with van der Waals surface area (Å²) in [6.45, 7) is 4.89. The van der Waals surface area contributed by atoms with Gasteiger partial charge in [-0.1, -0.05) is 0 Å². The van der Waals surface area contributed by atoms with Gasteiger partial charge in [0.1, 0.15) is 5.94 Å². The van der Waals surface area contributed by atoms with Crippen molar-refractivity contribution in [2.24, 2.45) is 5.84 Å². The highest BCUT2D eigenvalue weighted by atomic mass is 32.2. The molecule has 76 valence electrons. The maximum Gasteiger partial charge on any atom is 0.292 e. The van der Waals surface area contributed by atoms with Gasteiger partial charge < -0.3 is 0 Å². The molecule has 0 aromatic rings. The molecule has 0 amide bonds. The fourth-order valence-corrected chi connectivity index (χ4v) is 1.93. The van der Waals surface area contributed by atoms with E-state index in [1.165, 1.54) is 5.94 Å². The minimum Gasteiger partial charge on any atom is -0.254 e. The highest BCUT2D eigenvalue weighted by Gasteiger charge is 2.25. The lowest BCUT2D eigenvalue weighted by molar-refractivity contribution is 0.356. The molecule has 1 atom stereocenters. The summed E-state index contributed by atoms with van der Waals surface area (Å²) in [4.78, 5) is 8.57. The summed E-state index contributed by atoms with van der Waals surface area (Å²) in [5.41, 5.74) is 0. The summed E-state index contributed by atoms with van der Waals surface area (Å²) < 4.78 is 25.0. The van der Waals surface area contributed by atoms with Gasteiger partial charge in [0, 0.05) is 12.6 Å². The zero-order chi connectivity index (χ0) is 10.5. The van der Waals surface area contributed by atoms with Crippen molar-refractivity contribution >= 4 is 16.2 Å². The summed E-state index contributed by atoms with van der Waals surface area (Å²) in [6, 6.07) is 0.00444. The van der Waals surface area contributed by atoms with E-state index in [0.717, 1.165) is 10.8 Å². The Balaban J connectivity index is 0.000000424. The molecule has 1 saturated heterocycles. The van der Waals surface area contributed by atoms with Crippen molar-refractivity contribution in [3.63, 3.8) is 0 Å². The number of nitrogens with two attached hydrogens (primary N) is 1. The molecule has 1 aliphatic heterocycles.